The van der Waals surface area contributed by atoms with Crippen LogP contribution in [0.25, 0.3) is 0 Å². The Bertz CT molecular complexity index is 573. The second kappa shape index (κ2) is 6.40. The van der Waals surface area contributed by atoms with Crippen molar-refractivity contribution < 1.29 is 21.6 Å². The molecule has 1 aromatic carbocycles. The number of benzene rings is 1. The monoisotopic (exact) mass is 315 g/mol. The van der Waals surface area contributed by atoms with Crippen LogP contribution >= 0.6 is 12.4 Å². The van der Waals surface area contributed by atoms with E-state index in [-0.39, 0.29) is 18.0 Å². The first kappa shape index (κ1) is 17.9. The molecule has 2 N–H and O–H groups in total. The van der Waals surface area contributed by atoms with Crippen LogP contribution in [0.15, 0.2) is 41.1 Å². The highest BCUT2D eigenvalue weighted by Gasteiger charge is 2.50. The molecule has 0 unspecified atom stereocenters. The molecule has 0 spiro atoms. The van der Waals surface area contributed by atoms with Crippen molar-refractivity contribution in [3.05, 3.63) is 41.7 Å². The topological polar surface area (TPSA) is 60.2 Å². The van der Waals surface area contributed by atoms with Crippen LogP contribution in [0.4, 0.5) is 13.2 Å². The lowest BCUT2D eigenvalue weighted by atomic mass is 10.2. The highest BCUT2D eigenvalue weighted by Crippen LogP contribution is 2.37. The summed E-state index contributed by atoms with van der Waals surface area (Å²) < 4.78 is 63.7. The van der Waals surface area contributed by atoms with Crippen molar-refractivity contribution in [3.63, 3.8) is 0 Å². The Hall–Kier alpha value is -1.05. The summed E-state index contributed by atoms with van der Waals surface area (Å²) in [7, 11) is -5.12. The van der Waals surface area contributed by atoms with Gasteiger partial charge in [0.15, 0.2) is 5.83 Å². The third kappa shape index (κ3) is 3.29. The summed E-state index contributed by atoms with van der Waals surface area (Å²) in [5.41, 5.74) is 5.02. The Morgan fingerprint density at radius 2 is 1.89 bits per heavy atom. The third-order valence-corrected chi connectivity index (χ3v) is 4.20. The van der Waals surface area contributed by atoms with Gasteiger partial charge in [0.05, 0.1) is 4.90 Å². The number of halogens is 4. The molecule has 0 aliphatic heterocycles. The van der Waals surface area contributed by atoms with Crippen molar-refractivity contribution in [3.8, 4) is 0 Å². The van der Waals surface area contributed by atoms with Crippen LogP contribution < -0.4 is 5.73 Å². The van der Waals surface area contributed by atoms with Gasteiger partial charge >= 0.3 is 5.25 Å². The first-order valence-electron chi connectivity index (χ1n) is 4.99. The minimum Gasteiger partial charge on any atom is -0.327 e. The molecular weight excluding hydrogens is 303 g/mol. The SMILES string of the molecule is Cc1ccccc1S(=O)(=O)C(F)(F)/C(F)=C/CN.Cl. The first-order valence-corrected chi connectivity index (χ1v) is 6.47. The second-order valence-electron chi connectivity index (χ2n) is 3.57. The number of hydrogen-bond donors (Lipinski definition) is 1. The lowest BCUT2D eigenvalue weighted by Crippen LogP contribution is -2.30. The van der Waals surface area contributed by atoms with Gasteiger partial charge in [0.1, 0.15) is 0 Å². The molecule has 1 aromatic rings. The average Bonchev–Trinajstić information content (AvgIpc) is 2.29. The molecule has 0 amide bonds. The van der Waals surface area contributed by atoms with Crippen molar-refractivity contribution in [2.45, 2.75) is 17.1 Å². The average molecular weight is 316 g/mol. The van der Waals surface area contributed by atoms with E-state index in [0.29, 0.717) is 6.08 Å². The third-order valence-electron chi connectivity index (χ3n) is 2.30. The smallest absolute Gasteiger partial charge is 0.327 e. The summed E-state index contributed by atoms with van der Waals surface area (Å²) >= 11 is 0. The summed E-state index contributed by atoms with van der Waals surface area (Å²) in [5, 5.41) is -4.61. The van der Waals surface area contributed by atoms with E-state index in [9.17, 15) is 21.6 Å². The van der Waals surface area contributed by atoms with Gasteiger partial charge in [-0.3, -0.25) is 0 Å². The summed E-state index contributed by atoms with van der Waals surface area (Å²) in [4.78, 5) is -0.601. The van der Waals surface area contributed by atoms with Crippen LogP contribution in [-0.4, -0.2) is 20.2 Å². The summed E-state index contributed by atoms with van der Waals surface area (Å²) in [6.07, 6.45) is 0.343. The van der Waals surface area contributed by atoms with Gasteiger partial charge in [0, 0.05) is 6.54 Å². The van der Waals surface area contributed by atoms with Gasteiger partial charge in [-0.15, -0.1) is 12.4 Å². The van der Waals surface area contributed by atoms with Crippen LogP contribution in [0.2, 0.25) is 0 Å². The Morgan fingerprint density at radius 1 is 1.37 bits per heavy atom. The zero-order valence-electron chi connectivity index (χ0n) is 9.94. The van der Waals surface area contributed by atoms with E-state index in [4.69, 9.17) is 5.73 Å². The van der Waals surface area contributed by atoms with Gasteiger partial charge in [-0.2, -0.15) is 8.78 Å². The molecule has 0 fully saturated rings. The minimum atomic E-state index is -5.12. The first-order chi connectivity index (χ1) is 8.25. The minimum absolute atomic E-state index is 0. The molecule has 8 heteroatoms. The number of hydrogen-bond acceptors (Lipinski definition) is 3. The number of aryl methyl sites for hydroxylation is 1. The largest absolute Gasteiger partial charge is 0.400 e. The molecular formula is C11H13ClF3NO2S. The van der Waals surface area contributed by atoms with Gasteiger partial charge in [-0.25, -0.2) is 12.8 Å². The zero-order chi connectivity index (χ0) is 14.0. The molecule has 1 rings (SSSR count). The normalized spacial score (nSPS) is 13.0. The Labute approximate surface area is 115 Å². The fraction of sp³-hybridized carbons (Fsp3) is 0.273. The van der Waals surface area contributed by atoms with E-state index in [1.165, 1.54) is 25.1 Å². The van der Waals surface area contributed by atoms with Crippen molar-refractivity contribution in [1.82, 2.24) is 0 Å². The van der Waals surface area contributed by atoms with Gasteiger partial charge < -0.3 is 5.73 Å². The lowest BCUT2D eigenvalue weighted by molar-refractivity contribution is 0.105. The Balaban J connectivity index is 0.00000324. The van der Waals surface area contributed by atoms with Gasteiger partial charge in [0.2, 0.25) is 0 Å². The maximum Gasteiger partial charge on any atom is 0.400 e. The Kier molecular flexibility index (Phi) is 6.05. The highest BCUT2D eigenvalue weighted by molar-refractivity contribution is 7.92. The number of alkyl halides is 2. The van der Waals surface area contributed by atoms with E-state index in [0.717, 1.165) is 6.07 Å². The van der Waals surface area contributed by atoms with Crippen molar-refractivity contribution in [2.75, 3.05) is 6.54 Å². The molecule has 0 heterocycles. The second-order valence-corrected chi connectivity index (χ2v) is 5.53. The predicted octanol–water partition coefficient (Wildman–Crippen LogP) is 2.60. The van der Waals surface area contributed by atoms with E-state index in [1.807, 2.05) is 0 Å². The Morgan fingerprint density at radius 3 is 2.37 bits per heavy atom. The van der Waals surface area contributed by atoms with E-state index < -0.39 is 32.4 Å². The van der Waals surface area contributed by atoms with Gasteiger partial charge in [-0.1, -0.05) is 18.2 Å². The highest BCUT2D eigenvalue weighted by atomic mass is 35.5. The fourth-order valence-corrected chi connectivity index (χ4v) is 2.71. The predicted molar refractivity (Wildman–Crippen MR) is 68.8 cm³/mol. The molecule has 0 radical (unpaired) electrons. The van der Waals surface area contributed by atoms with Gasteiger partial charge in [-0.05, 0) is 24.6 Å². The maximum absolute atomic E-state index is 13.6. The van der Waals surface area contributed by atoms with E-state index in [2.05, 4.69) is 0 Å². The lowest BCUT2D eigenvalue weighted by Gasteiger charge is -2.16. The quantitative estimate of drug-likeness (QED) is 0.929. The van der Waals surface area contributed by atoms with Crippen LogP contribution in [0.5, 0.6) is 0 Å². The van der Waals surface area contributed by atoms with Crippen LogP contribution in [0.1, 0.15) is 5.56 Å². The molecule has 0 atom stereocenters. The summed E-state index contributed by atoms with van der Waals surface area (Å²) in [6, 6.07) is 5.15. The fourth-order valence-electron chi connectivity index (χ4n) is 1.35. The molecule has 0 aliphatic rings. The molecule has 0 aliphatic carbocycles. The molecule has 19 heavy (non-hydrogen) atoms. The number of nitrogens with two attached hydrogens (primary N) is 1. The summed E-state index contributed by atoms with van der Waals surface area (Å²) in [6.45, 7) is 0.845. The van der Waals surface area contributed by atoms with Crippen LogP contribution in [0.3, 0.4) is 0 Å². The number of rotatable bonds is 4. The van der Waals surface area contributed by atoms with Crippen molar-refractivity contribution >= 4 is 22.2 Å². The summed E-state index contributed by atoms with van der Waals surface area (Å²) in [5.74, 6) is -2.06. The van der Waals surface area contributed by atoms with Gasteiger partial charge in [0.25, 0.3) is 9.84 Å². The van der Waals surface area contributed by atoms with Crippen LogP contribution in [-0.2, 0) is 9.84 Å². The molecule has 0 saturated heterocycles. The van der Waals surface area contributed by atoms with Crippen LogP contribution in [0, 0.1) is 6.92 Å². The molecule has 0 bridgehead atoms. The maximum atomic E-state index is 13.6. The van der Waals surface area contributed by atoms with E-state index in [1.54, 1.807) is 0 Å². The van der Waals surface area contributed by atoms with Crippen molar-refractivity contribution in [2.24, 2.45) is 5.73 Å². The zero-order valence-corrected chi connectivity index (χ0v) is 11.6. The standard InChI is InChI=1S/C11H12F3NO2S.ClH/c1-8-4-2-3-5-9(8)18(16,17)11(13,14)10(12)6-7-15;/h2-6H,7,15H2,1H3;1H/b10-6-;. The molecule has 0 aromatic heterocycles. The van der Waals surface area contributed by atoms with Crippen molar-refractivity contribution in [1.29, 1.82) is 0 Å². The van der Waals surface area contributed by atoms with E-state index >= 15 is 0 Å². The molecule has 0 saturated carbocycles. The number of sulfone groups is 1. The molecule has 3 nitrogen and oxygen atoms in total. The molecule has 108 valence electrons.